The van der Waals surface area contributed by atoms with Gasteiger partial charge in [-0.2, -0.15) is 5.10 Å². The van der Waals surface area contributed by atoms with Gasteiger partial charge in [0.25, 0.3) is 5.91 Å². The summed E-state index contributed by atoms with van der Waals surface area (Å²) in [6.07, 6.45) is 2.36. The van der Waals surface area contributed by atoms with Gasteiger partial charge in [-0.05, 0) is 42.7 Å². The van der Waals surface area contributed by atoms with Gasteiger partial charge < -0.3 is 25.6 Å². The number of hydrogen-bond donors (Lipinski definition) is 2. The van der Waals surface area contributed by atoms with E-state index in [2.05, 4.69) is 10.3 Å². The number of rotatable bonds is 5. The molecule has 0 atom stereocenters. The molecule has 4 N–H and O–H groups in total. The molecular weight excluding hydrogens is 491 g/mol. The summed E-state index contributed by atoms with van der Waals surface area (Å²) in [4.78, 5) is 26.3. The number of ether oxygens (including phenoxy) is 1. The molecule has 0 spiro atoms. The van der Waals surface area contributed by atoms with Gasteiger partial charge in [0.15, 0.2) is 22.9 Å². The zero-order valence-electron chi connectivity index (χ0n) is 20.4. The molecule has 5 aromatic rings. The van der Waals surface area contributed by atoms with Crippen molar-refractivity contribution in [2.24, 2.45) is 5.73 Å². The molecule has 2 amide bonds. The van der Waals surface area contributed by atoms with Crippen LogP contribution >= 0.6 is 0 Å². The highest BCUT2D eigenvalue weighted by molar-refractivity contribution is 6.06. The lowest BCUT2D eigenvalue weighted by atomic mass is 10.0. The van der Waals surface area contributed by atoms with E-state index < -0.39 is 11.7 Å². The first-order chi connectivity index (χ1) is 18.4. The number of aromatic nitrogens is 3. The number of carbonyl (C=O) groups excluding carboxylic acids is 2. The molecule has 0 unspecified atom stereocenters. The van der Waals surface area contributed by atoms with Gasteiger partial charge in [0.1, 0.15) is 17.0 Å². The number of carbonyl (C=O) groups is 2. The van der Waals surface area contributed by atoms with Crippen molar-refractivity contribution in [3.8, 4) is 22.6 Å². The van der Waals surface area contributed by atoms with E-state index in [0.717, 1.165) is 18.5 Å². The molecule has 0 radical (unpaired) electrons. The van der Waals surface area contributed by atoms with Crippen LogP contribution in [0, 0.1) is 5.82 Å². The molecule has 1 aliphatic rings. The van der Waals surface area contributed by atoms with Gasteiger partial charge >= 0.3 is 0 Å². The molecule has 38 heavy (non-hydrogen) atoms. The lowest BCUT2D eigenvalue weighted by molar-refractivity contribution is -0.119. The second-order valence-electron chi connectivity index (χ2n) is 9.09. The molecule has 0 aliphatic carbocycles. The van der Waals surface area contributed by atoms with E-state index >= 15 is 4.39 Å². The molecule has 1 fully saturated rings. The number of halogens is 1. The van der Waals surface area contributed by atoms with E-state index in [9.17, 15) is 9.59 Å². The summed E-state index contributed by atoms with van der Waals surface area (Å²) in [6.45, 7) is 0.663. The van der Waals surface area contributed by atoms with Crippen LogP contribution in [0.1, 0.15) is 29.8 Å². The van der Waals surface area contributed by atoms with Crippen LogP contribution in [-0.4, -0.2) is 40.4 Å². The molecule has 0 bridgehead atoms. The summed E-state index contributed by atoms with van der Waals surface area (Å²) in [5, 5.41) is 8.84. The Morgan fingerprint density at radius 2 is 1.89 bits per heavy atom. The van der Waals surface area contributed by atoms with Crippen molar-refractivity contribution >= 4 is 45.2 Å². The predicted molar refractivity (Wildman–Crippen MR) is 140 cm³/mol. The van der Waals surface area contributed by atoms with Gasteiger partial charge in [0, 0.05) is 35.7 Å². The Balaban J connectivity index is 1.53. The zero-order valence-corrected chi connectivity index (χ0v) is 20.4. The Morgan fingerprint density at radius 3 is 2.61 bits per heavy atom. The number of hydrogen-bond acceptors (Lipinski definition) is 7. The average Bonchev–Trinajstić information content (AvgIpc) is 3.49. The molecule has 1 saturated heterocycles. The summed E-state index contributed by atoms with van der Waals surface area (Å²) < 4.78 is 28.3. The first kappa shape index (κ1) is 23.5. The van der Waals surface area contributed by atoms with Crippen molar-refractivity contribution in [1.29, 1.82) is 0 Å². The van der Waals surface area contributed by atoms with Crippen molar-refractivity contribution in [1.82, 2.24) is 14.9 Å². The Hall–Kier alpha value is -4.93. The van der Waals surface area contributed by atoms with Crippen LogP contribution in [0.4, 0.5) is 15.9 Å². The van der Waals surface area contributed by atoms with Crippen molar-refractivity contribution in [3.05, 3.63) is 60.0 Å². The highest BCUT2D eigenvalue weighted by Gasteiger charge is 2.25. The van der Waals surface area contributed by atoms with Crippen LogP contribution < -0.4 is 21.1 Å². The number of nitrogen functional groups attached to an aromatic ring is 1. The number of nitrogens with zero attached hydrogens (tertiary/aromatic N) is 4. The van der Waals surface area contributed by atoms with E-state index in [-0.39, 0.29) is 33.9 Å². The fourth-order valence-electron chi connectivity index (χ4n) is 4.95. The number of fused-ring (bicyclic) bond motifs is 2. The van der Waals surface area contributed by atoms with Crippen LogP contribution in [-0.2, 0) is 4.79 Å². The van der Waals surface area contributed by atoms with E-state index in [1.54, 1.807) is 53.4 Å². The fraction of sp³-hybridized carbons (Fsp3) is 0.185. The van der Waals surface area contributed by atoms with Gasteiger partial charge in [-0.3, -0.25) is 9.59 Å². The molecule has 1 aliphatic heterocycles. The third kappa shape index (κ3) is 3.62. The minimum Gasteiger partial charge on any atom is -0.494 e. The highest BCUT2D eigenvalue weighted by Crippen LogP contribution is 2.37. The quantitative estimate of drug-likeness (QED) is 0.358. The number of piperidine rings is 1. The fourth-order valence-corrected chi connectivity index (χ4v) is 4.95. The third-order valence-electron chi connectivity index (χ3n) is 6.86. The Bertz CT molecular complexity index is 1740. The third-order valence-corrected chi connectivity index (χ3v) is 6.86. The SMILES string of the molecule is COc1cc2onc(N)c2cc1-n1nc(C(N)=O)c2ccc(-c3ccc(N4CCCCC4=O)cc3)c(F)c21. The van der Waals surface area contributed by atoms with Gasteiger partial charge in [0.05, 0.1) is 12.5 Å². The zero-order chi connectivity index (χ0) is 26.6. The summed E-state index contributed by atoms with van der Waals surface area (Å²) in [7, 11) is 1.45. The van der Waals surface area contributed by atoms with Crippen LogP contribution in [0.2, 0.25) is 0 Å². The Kier molecular flexibility index (Phi) is 5.48. The van der Waals surface area contributed by atoms with Gasteiger partial charge in [-0.25, -0.2) is 9.07 Å². The minimum atomic E-state index is -0.805. The summed E-state index contributed by atoms with van der Waals surface area (Å²) in [5.41, 5.74) is 13.8. The van der Waals surface area contributed by atoms with E-state index in [0.29, 0.717) is 40.9 Å². The monoisotopic (exact) mass is 514 g/mol. The number of primary amides is 1. The van der Waals surface area contributed by atoms with Crippen molar-refractivity contribution < 1.29 is 23.2 Å². The normalized spacial score (nSPS) is 13.9. The van der Waals surface area contributed by atoms with Crippen LogP contribution in [0.5, 0.6) is 5.75 Å². The number of nitrogens with two attached hydrogens (primary N) is 2. The lowest BCUT2D eigenvalue weighted by Crippen LogP contribution is -2.35. The standard InChI is InChI=1S/C27H23FN6O4/c1-37-21-13-20-18(26(29)32-38-20)12-19(21)34-25-17(24(31-34)27(30)36)10-9-16(23(25)28)14-5-7-15(8-6-14)33-11-3-2-4-22(33)35/h5-10,12-13H,2-4,11H2,1H3,(H2,29,32)(H2,30,36). The molecule has 3 aromatic carbocycles. The topological polar surface area (TPSA) is 142 Å². The molecule has 3 heterocycles. The maximum atomic E-state index is 16.3. The van der Waals surface area contributed by atoms with Gasteiger partial charge in [-0.15, -0.1) is 0 Å². The minimum absolute atomic E-state index is 0.0410. The summed E-state index contributed by atoms with van der Waals surface area (Å²) >= 11 is 0. The van der Waals surface area contributed by atoms with Crippen LogP contribution in [0.15, 0.2) is 53.1 Å². The first-order valence-corrected chi connectivity index (χ1v) is 12.0. The molecule has 6 rings (SSSR count). The molecule has 11 heteroatoms. The Labute approximate surface area is 215 Å². The average molecular weight is 515 g/mol. The number of anilines is 2. The van der Waals surface area contributed by atoms with Gasteiger partial charge in [0.2, 0.25) is 5.91 Å². The van der Waals surface area contributed by atoms with Crippen LogP contribution in [0.3, 0.4) is 0 Å². The molecule has 2 aromatic heterocycles. The van der Waals surface area contributed by atoms with E-state index in [1.807, 2.05) is 0 Å². The smallest absolute Gasteiger partial charge is 0.269 e. The highest BCUT2D eigenvalue weighted by atomic mass is 19.1. The maximum absolute atomic E-state index is 16.3. The van der Waals surface area contributed by atoms with Crippen LogP contribution in [0.25, 0.3) is 38.7 Å². The predicted octanol–water partition coefficient (Wildman–Crippen LogP) is 4.18. The van der Waals surface area contributed by atoms with Crippen molar-refractivity contribution in [3.63, 3.8) is 0 Å². The second-order valence-corrected chi connectivity index (χ2v) is 9.09. The number of amides is 2. The maximum Gasteiger partial charge on any atom is 0.269 e. The summed E-state index contributed by atoms with van der Waals surface area (Å²) in [5.74, 6) is -0.886. The molecule has 0 saturated carbocycles. The summed E-state index contributed by atoms with van der Waals surface area (Å²) in [6, 6.07) is 13.5. The number of methoxy groups -OCH3 is 1. The van der Waals surface area contributed by atoms with E-state index in [1.165, 1.54) is 11.8 Å². The molecule has 10 nitrogen and oxygen atoms in total. The number of benzene rings is 3. The van der Waals surface area contributed by atoms with E-state index in [4.69, 9.17) is 20.7 Å². The van der Waals surface area contributed by atoms with Crippen molar-refractivity contribution in [2.75, 3.05) is 24.3 Å². The second kappa shape index (κ2) is 8.87. The van der Waals surface area contributed by atoms with Gasteiger partial charge in [-0.1, -0.05) is 23.4 Å². The first-order valence-electron chi connectivity index (χ1n) is 12.0. The molecular formula is C27H23FN6O4. The Morgan fingerprint density at radius 1 is 1.11 bits per heavy atom. The largest absolute Gasteiger partial charge is 0.494 e. The van der Waals surface area contributed by atoms with Crippen molar-refractivity contribution in [2.45, 2.75) is 19.3 Å². The molecule has 192 valence electrons. The lowest BCUT2D eigenvalue weighted by Gasteiger charge is -2.26.